The molecule has 0 atom stereocenters. The fraction of sp³-hybridized carbons (Fsp3) is 1.00. The summed E-state index contributed by atoms with van der Waals surface area (Å²) in [6, 6.07) is 0. The van der Waals surface area contributed by atoms with Crippen LogP contribution in [0.2, 0.25) is 0 Å². The third kappa shape index (κ3) is 3.74. The first-order valence-electron chi connectivity index (χ1n) is 6.13. The number of nitrogens with two attached hydrogens (primary N) is 1. The second-order valence-corrected chi connectivity index (χ2v) is 4.99. The van der Waals surface area contributed by atoms with E-state index in [9.17, 15) is 5.11 Å². The maximum Gasteiger partial charge on any atom is 0.0874 e. The summed E-state index contributed by atoms with van der Waals surface area (Å²) < 4.78 is 5.59. The molecule has 1 rings (SSSR count). The van der Waals surface area contributed by atoms with E-state index in [2.05, 4.69) is 0 Å². The molecule has 15 heavy (non-hydrogen) atoms. The number of hydrogen-bond donors (Lipinski definition) is 2. The van der Waals surface area contributed by atoms with Gasteiger partial charge in [0.1, 0.15) is 0 Å². The Morgan fingerprint density at radius 1 is 1.27 bits per heavy atom. The van der Waals surface area contributed by atoms with E-state index < -0.39 is 5.60 Å². The van der Waals surface area contributed by atoms with Crippen molar-refractivity contribution in [1.82, 2.24) is 0 Å². The lowest BCUT2D eigenvalue weighted by Crippen LogP contribution is -2.43. The van der Waals surface area contributed by atoms with Gasteiger partial charge in [-0.15, -0.1) is 0 Å². The summed E-state index contributed by atoms with van der Waals surface area (Å²) in [4.78, 5) is 0. The van der Waals surface area contributed by atoms with Gasteiger partial charge < -0.3 is 15.6 Å². The van der Waals surface area contributed by atoms with Crippen molar-refractivity contribution in [2.24, 2.45) is 5.73 Å². The predicted octanol–water partition coefficient (Wildman–Crippen LogP) is 1.83. The standard InChI is InChI=1S/C12H25NO2/c1-3-12(14,4-2)10-15-9-11(13)7-5-6-8-11/h14H,3-10,13H2,1-2H3. The lowest BCUT2D eigenvalue weighted by molar-refractivity contribution is -0.0607. The van der Waals surface area contributed by atoms with E-state index in [1.807, 2.05) is 13.8 Å². The molecule has 1 fully saturated rings. The minimum Gasteiger partial charge on any atom is -0.388 e. The van der Waals surface area contributed by atoms with Crippen LogP contribution in [0.4, 0.5) is 0 Å². The fourth-order valence-corrected chi connectivity index (χ4v) is 2.12. The summed E-state index contributed by atoms with van der Waals surface area (Å²) in [5.74, 6) is 0. The number of rotatable bonds is 6. The number of aliphatic hydroxyl groups is 1. The van der Waals surface area contributed by atoms with Crippen LogP contribution < -0.4 is 5.73 Å². The highest BCUT2D eigenvalue weighted by Gasteiger charge is 2.31. The first kappa shape index (κ1) is 12.9. The molecule has 0 spiro atoms. The molecule has 1 saturated carbocycles. The van der Waals surface area contributed by atoms with Crippen LogP contribution in [0, 0.1) is 0 Å². The van der Waals surface area contributed by atoms with Crippen LogP contribution in [0.25, 0.3) is 0 Å². The average molecular weight is 215 g/mol. The second-order valence-electron chi connectivity index (χ2n) is 4.99. The van der Waals surface area contributed by atoms with Gasteiger partial charge in [0.25, 0.3) is 0 Å². The summed E-state index contributed by atoms with van der Waals surface area (Å²) in [6.45, 7) is 4.98. The van der Waals surface area contributed by atoms with Crippen LogP contribution >= 0.6 is 0 Å². The molecule has 3 N–H and O–H groups in total. The zero-order valence-electron chi connectivity index (χ0n) is 10.1. The molecular formula is C12H25NO2. The van der Waals surface area contributed by atoms with Crippen LogP contribution in [-0.4, -0.2) is 29.5 Å². The minimum absolute atomic E-state index is 0.123. The van der Waals surface area contributed by atoms with Crippen molar-refractivity contribution in [3.63, 3.8) is 0 Å². The zero-order chi connectivity index (χ0) is 11.4. The van der Waals surface area contributed by atoms with Crippen molar-refractivity contribution < 1.29 is 9.84 Å². The summed E-state index contributed by atoms with van der Waals surface area (Å²) >= 11 is 0. The lowest BCUT2D eigenvalue weighted by Gasteiger charge is -2.28. The maximum atomic E-state index is 10.0. The van der Waals surface area contributed by atoms with E-state index in [1.54, 1.807) is 0 Å². The van der Waals surface area contributed by atoms with Gasteiger partial charge >= 0.3 is 0 Å². The van der Waals surface area contributed by atoms with Gasteiger partial charge in [0.05, 0.1) is 18.8 Å². The topological polar surface area (TPSA) is 55.5 Å². The highest BCUT2D eigenvalue weighted by atomic mass is 16.5. The Kier molecular flexibility index (Phi) is 4.56. The van der Waals surface area contributed by atoms with Gasteiger partial charge in [-0.1, -0.05) is 26.7 Å². The first-order chi connectivity index (χ1) is 7.04. The highest BCUT2D eigenvalue weighted by molar-refractivity contribution is 4.89. The quantitative estimate of drug-likeness (QED) is 0.710. The van der Waals surface area contributed by atoms with Crippen molar-refractivity contribution in [2.45, 2.75) is 63.5 Å². The van der Waals surface area contributed by atoms with Gasteiger partial charge in [0.2, 0.25) is 0 Å². The largest absolute Gasteiger partial charge is 0.388 e. The van der Waals surface area contributed by atoms with Crippen LogP contribution in [0.15, 0.2) is 0 Å². The van der Waals surface area contributed by atoms with Crippen LogP contribution in [0.3, 0.4) is 0 Å². The Hall–Kier alpha value is -0.120. The molecule has 0 aromatic carbocycles. The molecular weight excluding hydrogens is 190 g/mol. The molecule has 1 aliphatic carbocycles. The summed E-state index contributed by atoms with van der Waals surface area (Å²) in [5, 5.41) is 10.0. The van der Waals surface area contributed by atoms with E-state index in [0.717, 1.165) is 25.7 Å². The van der Waals surface area contributed by atoms with Crippen molar-refractivity contribution in [2.75, 3.05) is 13.2 Å². The van der Waals surface area contributed by atoms with E-state index >= 15 is 0 Å². The van der Waals surface area contributed by atoms with Crippen molar-refractivity contribution in [3.8, 4) is 0 Å². The van der Waals surface area contributed by atoms with Crippen molar-refractivity contribution in [3.05, 3.63) is 0 Å². The van der Waals surface area contributed by atoms with Gasteiger partial charge in [-0.3, -0.25) is 0 Å². The van der Waals surface area contributed by atoms with E-state index in [0.29, 0.717) is 13.2 Å². The Balaban J connectivity index is 2.25. The van der Waals surface area contributed by atoms with Crippen molar-refractivity contribution in [1.29, 1.82) is 0 Å². The van der Waals surface area contributed by atoms with Gasteiger partial charge in [0, 0.05) is 5.54 Å². The molecule has 0 radical (unpaired) electrons. The smallest absolute Gasteiger partial charge is 0.0874 e. The Morgan fingerprint density at radius 2 is 1.80 bits per heavy atom. The normalized spacial score (nSPS) is 20.8. The summed E-state index contributed by atoms with van der Waals surface area (Å²) in [7, 11) is 0. The Bertz CT molecular complexity index is 180. The maximum absolute atomic E-state index is 10.0. The lowest BCUT2D eigenvalue weighted by atomic mass is 9.98. The molecule has 1 aliphatic rings. The summed E-state index contributed by atoms with van der Waals surface area (Å²) in [5.41, 5.74) is 5.38. The third-order valence-electron chi connectivity index (χ3n) is 3.68. The fourth-order valence-electron chi connectivity index (χ4n) is 2.12. The molecule has 90 valence electrons. The molecule has 0 amide bonds. The van der Waals surface area contributed by atoms with Gasteiger partial charge in [-0.2, -0.15) is 0 Å². The van der Waals surface area contributed by atoms with Gasteiger partial charge in [0.15, 0.2) is 0 Å². The summed E-state index contributed by atoms with van der Waals surface area (Å²) in [6.07, 6.45) is 6.02. The number of ether oxygens (including phenoxy) is 1. The minimum atomic E-state index is -0.658. The molecule has 0 aliphatic heterocycles. The molecule has 0 aromatic heterocycles. The van der Waals surface area contributed by atoms with Crippen LogP contribution in [-0.2, 0) is 4.74 Å². The highest BCUT2D eigenvalue weighted by Crippen LogP contribution is 2.27. The molecule has 0 unspecified atom stereocenters. The van der Waals surface area contributed by atoms with Crippen LogP contribution in [0.1, 0.15) is 52.4 Å². The predicted molar refractivity (Wildman–Crippen MR) is 61.7 cm³/mol. The Labute approximate surface area is 93.0 Å². The van der Waals surface area contributed by atoms with E-state index in [4.69, 9.17) is 10.5 Å². The first-order valence-corrected chi connectivity index (χ1v) is 6.13. The average Bonchev–Trinajstić information content (AvgIpc) is 2.65. The van der Waals surface area contributed by atoms with Crippen molar-refractivity contribution >= 4 is 0 Å². The van der Waals surface area contributed by atoms with Gasteiger partial charge in [-0.25, -0.2) is 0 Å². The molecule has 3 nitrogen and oxygen atoms in total. The number of hydrogen-bond acceptors (Lipinski definition) is 3. The zero-order valence-corrected chi connectivity index (χ0v) is 10.1. The third-order valence-corrected chi connectivity index (χ3v) is 3.68. The Morgan fingerprint density at radius 3 is 2.27 bits per heavy atom. The van der Waals surface area contributed by atoms with E-state index in [1.165, 1.54) is 12.8 Å². The van der Waals surface area contributed by atoms with Gasteiger partial charge in [-0.05, 0) is 25.7 Å². The van der Waals surface area contributed by atoms with E-state index in [-0.39, 0.29) is 5.54 Å². The molecule has 3 heteroatoms. The molecule has 0 aromatic rings. The second kappa shape index (κ2) is 5.28. The monoisotopic (exact) mass is 215 g/mol. The molecule has 0 bridgehead atoms. The SMILES string of the molecule is CCC(O)(CC)COCC1(N)CCCC1. The van der Waals surface area contributed by atoms with Crippen LogP contribution in [0.5, 0.6) is 0 Å². The molecule has 0 heterocycles. The molecule has 0 saturated heterocycles.